The summed E-state index contributed by atoms with van der Waals surface area (Å²) >= 11 is 1.73. The number of nitrogens with zero attached hydrogens (tertiary/aromatic N) is 1. The molecule has 1 aromatic carbocycles. The van der Waals surface area contributed by atoms with Crippen LogP contribution in [0.15, 0.2) is 29.3 Å². The maximum absolute atomic E-state index is 12.1. The Morgan fingerprint density at radius 3 is 2.57 bits per heavy atom. The number of halogens is 2. The number of hydrogen-bond donors (Lipinski definition) is 1. The molecular formula is C15H20F2N2OS. The molecule has 0 fully saturated rings. The third-order valence-corrected chi connectivity index (χ3v) is 3.99. The van der Waals surface area contributed by atoms with Crippen molar-refractivity contribution in [1.29, 1.82) is 0 Å². The predicted octanol–water partition coefficient (Wildman–Crippen LogP) is 4.61. The zero-order valence-electron chi connectivity index (χ0n) is 12.4. The molecular weight excluding hydrogens is 294 g/mol. The maximum atomic E-state index is 12.1. The first-order chi connectivity index (χ1) is 9.82. The number of benzene rings is 1. The van der Waals surface area contributed by atoms with Crippen LogP contribution in [0.1, 0.15) is 27.2 Å². The molecule has 1 atom stereocenters. The van der Waals surface area contributed by atoms with Gasteiger partial charge in [0.1, 0.15) is 5.75 Å². The average molecular weight is 314 g/mol. The van der Waals surface area contributed by atoms with Gasteiger partial charge >= 0.3 is 6.61 Å². The highest BCUT2D eigenvalue weighted by Crippen LogP contribution is 2.32. The Kier molecular flexibility index (Phi) is 5.08. The highest BCUT2D eigenvalue weighted by atomic mass is 32.2. The molecule has 0 aliphatic carbocycles. The van der Waals surface area contributed by atoms with E-state index in [9.17, 15) is 8.78 Å². The van der Waals surface area contributed by atoms with E-state index in [1.807, 2.05) is 0 Å². The molecule has 0 radical (unpaired) electrons. The summed E-state index contributed by atoms with van der Waals surface area (Å²) < 4.78 is 28.4. The van der Waals surface area contributed by atoms with Crippen molar-refractivity contribution in [3.05, 3.63) is 24.3 Å². The van der Waals surface area contributed by atoms with E-state index in [1.165, 1.54) is 12.1 Å². The molecule has 0 saturated carbocycles. The van der Waals surface area contributed by atoms with Crippen LogP contribution in [0.5, 0.6) is 5.75 Å². The summed E-state index contributed by atoms with van der Waals surface area (Å²) in [6.45, 7) is 4.69. The quantitative estimate of drug-likeness (QED) is 0.881. The Bertz CT molecular complexity index is 497. The molecule has 6 heteroatoms. The fourth-order valence-electron chi connectivity index (χ4n) is 2.12. The first kappa shape index (κ1) is 16.1. The third kappa shape index (κ3) is 5.53. The first-order valence-corrected chi connectivity index (χ1v) is 7.73. The number of rotatable bonds is 4. The molecule has 116 valence electrons. The van der Waals surface area contributed by atoms with E-state index < -0.39 is 6.61 Å². The average Bonchev–Trinajstić information content (AvgIpc) is 2.76. The van der Waals surface area contributed by atoms with Crippen LogP contribution in [0, 0.1) is 5.41 Å². The van der Waals surface area contributed by atoms with Gasteiger partial charge < -0.3 is 10.1 Å². The van der Waals surface area contributed by atoms with Crippen LogP contribution >= 0.6 is 11.8 Å². The molecule has 2 rings (SSSR count). The number of alkyl halides is 2. The monoisotopic (exact) mass is 314 g/mol. The van der Waals surface area contributed by atoms with Crippen molar-refractivity contribution in [3.8, 4) is 5.75 Å². The Balaban J connectivity index is 1.86. The predicted molar refractivity (Wildman–Crippen MR) is 84.4 cm³/mol. The molecule has 1 aliphatic rings. The fourth-order valence-corrected chi connectivity index (χ4v) is 3.49. The lowest BCUT2D eigenvalue weighted by atomic mass is 9.90. The number of amidine groups is 1. The lowest BCUT2D eigenvalue weighted by Crippen LogP contribution is -2.16. The highest BCUT2D eigenvalue weighted by molar-refractivity contribution is 8.15. The summed E-state index contributed by atoms with van der Waals surface area (Å²) in [5.74, 6) is 0.155. The molecule has 0 bridgehead atoms. The summed E-state index contributed by atoms with van der Waals surface area (Å²) in [7, 11) is 0. The van der Waals surface area contributed by atoms with Gasteiger partial charge in [0, 0.05) is 10.9 Å². The molecule has 1 heterocycles. The van der Waals surface area contributed by atoms with Gasteiger partial charge in [0.15, 0.2) is 5.17 Å². The minimum absolute atomic E-state index is 0.155. The van der Waals surface area contributed by atoms with E-state index in [-0.39, 0.29) is 11.2 Å². The van der Waals surface area contributed by atoms with Crippen molar-refractivity contribution in [1.82, 2.24) is 0 Å². The minimum atomic E-state index is -2.79. The van der Waals surface area contributed by atoms with Gasteiger partial charge in [-0.3, -0.25) is 4.99 Å². The minimum Gasteiger partial charge on any atom is -0.435 e. The molecule has 1 N–H and O–H groups in total. The van der Waals surface area contributed by atoms with Crippen molar-refractivity contribution in [2.45, 2.75) is 39.1 Å². The zero-order chi connectivity index (χ0) is 15.5. The smallest absolute Gasteiger partial charge is 0.387 e. The second-order valence-corrected chi connectivity index (χ2v) is 7.47. The molecule has 1 unspecified atom stereocenters. The van der Waals surface area contributed by atoms with Crippen LogP contribution in [0.4, 0.5) is 14.5 Å². The lowest BCUT2D eigenvalue weighted by molar-refractivity contribution is -0.0498. The number of aliphatic imine (C=N–C) groups is 1. The zero-order valence-corrected chi connectivity index (χ0v) is 13.2. The molecule has 0 spiro atoms. The SMILES string of the molecule is CC(C)(C)CC1CN=C(Nc2ccc(OC(F)F)cc2)S1. The summed E-state index contributed by atoms with van der Waals surface area (Å²) in [4.78, 5) is 4.48. The number of hydrogen-bond acceptors (Lipinski definition) is 4. The largest absolute Gasteiger partial charge is 0.435 e. The van der Waals surface area contributed by atoms with Crippen molar-refractivity contribution >= 4 is 22.6 Å². The summed E-state index contributed by atoms with van der Waals surface area (Å²) in [6.07, 6.45) is 1.10. The summed E-state index contributed by atoms with van der Waals surface area (Å²) in [5, 5.41) is 4.58. The first-order valence-electron chi connectivity index (χ1n) is 6.85. The van der Waals surface area contributed by atoms with E-state index in [0.29, 0.717) is 5.25 Å². The van der Waals surface area contributed by atoms with Crippen molar-refractivity contribution in [2.75, 3.05) is 11.9 Å². The molecule has 21 heavy (non-hydrogen) atoms. The normalized spacial score (nSPS) is 18.8. The van der Waals surface area contributed by atoms with E-state index in [4.69, 9.17) is 0 Å². The van der Waals surface area contributed by atoms with Crippen molar-refractivity contribution in [2.24, 2.45) is 10.4 Å². The number of nitrogens with one attached hydrogen (secondary N) is 1. The van der Waals surface area contributed by atoms with Crippen molar-refractivity contribution in [3.63, 3.8) is 0 Å². The van der Waals surface area contributed by atoms with Gasteiger partial charge in [0.2, 0.25) is 0 Å². The Morgan fingerprint density at radius 2 is 2.00 bits per heavy atom. The van der Waals surface area contributed by atoms with Crippen LogP contribution in [-0.4, -0.2) is 23.6 Å². The molecule has 0 aromatic heterocycles. The van der Waals surface area contributed by atoms with Crippen molar-refractivity contribution < 1.29 is 13.5 Å². The van der Waals surface area contributed by atoms with E-state index in [2.05, 4.69) is 35.8 Å². The van der Waals surface area contributed by atoms with Gasteiger partial charge in [-0.15, -0.1) is 0 Å². The van der Waals surface area contributed by atoms with Crippen LogP contribution in [0.3, 0.4) is 0 Å². The Hall–Kier alpha value is -1.30. The molecule has 1 aromatic rings. The van der Waals surface area contributed by atoms with E-state index >= 15 is 0 Å². The third-order valence-electron chi connectivity index (χ3n) is 2.89. The van der Waals surface area contributed by atoms with Crippen LogP contribution < -0.4 is 10.1 Å². The standard InChI is InChI=1S/C15H20F2N2OS/c1-15(2,3)8-12-9-18-14(21-12)19-10-4-6-11(7-5-10)20-13(16)17/h4-7,12-13H,8-9H2,1-3H3,(H,18,19). The highest BCUT2D eigenvalue weighted by Gasteiger charge is 2.25. The van der Waals surface area contributed by atoms with Crippen LogP contribution in [-0.2, 0) is 0 Å². The molecule has 0 saturated heterocycles. The number of thioether (sulfide) groups is 1. The number of anilines is 1. The maximum Gasteiger partial charge on any atom is 0.387 e. The van der Waals surface area contributed by atoms with E-state index in [0.717, 1.165) is 23.8 Å². The Labute approximate surface area is 128 Å². The van der Waals surface area contributed by atoms with Gasteiger partial charge in [-0.25, -0.2) is 0 Å². The van der Waals surface area contributed by atoms with Gasteiger partial charge in [-0.2, -0.15) is 8.78 Å². The van der Waals surface area contributed by atoms with Gasteiger partial charge in [0.05, 0.1) is 6.54 Å². The fraction of sp³-hybridized carbons (Fsp3) is 0.533. The molecule has 3 nitrogen and oxygen atoms in total. The van der Waals surface area contributed by atoms with Gasteiger partial charge in [-0.1, -0.05) is 32.5 Å². The topological polar surface area (TPSA) is 33.6 Å². The second-order valence-electron chi connectivity index (χ2n) is 6.18. The molecule has 1 aliphatic heterocycles. The Morgan fingerprint density at radius 1 is 1.33 bits per heavy atom. The summed E-state index contributed by atoms with van der Waals surface area (Å²) in [6, 6.07) is 6.44. The van der Waals surface area contributed by atoms with Crippen LogP contribution in [0.25, 0.3) is 0 Å². The molecule has 0 amide bonds. The van der Waals surface area contributed by atoms with Gasteiger partial charge in [0.25, 0.3) is 0 Å². The van der Waals surface area contributed by atoms with Crippen LogP contribution in [0.2, 0.25) is 0 Å². The van der Waals surface area contributed by atoms with Gasteiger partial charge in [-0.05, 0) is 36.1 Å². The summed E-state index contributed by atoms with van der Waals surface area (Å²) in [5.41, 5.74) is 1.11. The number of ether oxygens (including phenoxy) is 1. The second kappa shape index (κ2) is 6.64. The lowest BCUT2D eigenvalue weighted by Gasteiger charge is -2.21. The van der Waals surface area contributed by atoms with E-state index in [1.54, 1.807) is 23.9 Å².